The van der Waals surface area contributed by atoms with E-state index in [4.69, 9.17) is 0 Å². The quantitative estimate of drug-likeness (QED) is 0.741. The average molecular weight is 307 g/mol. The van der Waals surface area contributed by atoms with Gasteiger partial charge in [-0.25, -0.2) is 9.97 Å². The van der Waals surface area contributed by atoms with Gasteiger partial charge in [-0.15, -0.1) is 0 Å². The number of aryl methyl sites for hydroxylation is 1. The van der Waals surface area contributed by atoms with Crippen molar-refractivity contribution in [3.8, 4) is 0 Å². The summed E-state index contributed by atoms with van der Waals surface area (Å²) in [5, 5.41) is 7.80. The summed E-state index contributed by atoms with van der Waals surface area (Å²) in [5.41, 5.74) is 1.87. The first kappa shape index (κ1) is 15.2. The molecule has 0 aliphatic carbocycles. The number of aromatic nitrogens is 3. The van der Waals surface area contributed by atoms with Crippen LogP contribution in [0, 0.1) is 12.8 Å². The van der Waals surface area contributed by atoms with Gasteiger partial charge in [-0.05, 0) is 25.0 Å². The molecule has 23 heavy (non-hydrogen) atoms. The van der Waals surface area contributed by atoms with E-state index in [1.54, 1.807) is 6.20 Å². The Hall–Kier alpha value is -2.69. The monoisotopic (exact) mass is 307 g/mol. The summed E-state index contributed by atoms with van der Waals surface area (Å²) >= 11 is 0. The smallest absolute Gasteiger partial charge is 0.136 e. The Kier molecular flexibility index (Phi) is 4.37. The highest BCUT2D eigenvalue weighted by molar-refractivity contribution is 5.91. The second-order valence-corrected chi connectivity index (χ2v) is 5.97. The van der Waals surface area contributed by atoms with E-state index in [1.165, 1.54) is 0 Å². The van der Waals surface area contributed by atoms with Crippen molar-refractivity contribution in [1.29, 1.82) is 0 Å². The summed E-state index contributed by atoms with van der Waals surface area (Å²) in [6.45, 7) is 7.11. The Bertz CT molecular complexity index is 808. The molecule has 0 aliphatic heterocycles. The van der Waals surface area contributed by atoms with Gasteiger partial charge in [-0.2, -0.15) is 0 Å². The molecule has 0 bridgehead atoms. The van der Waals surface area contributed by atoms with E-state index in [9.17, 15) is 0 Å². The van der Waals surface area contributed by atoms with Gasteiger partial charge < -0.3 is 10.6 Å². The first-order valence-corrected chi connectivity index (χ1v) is 7.82. The molecule has 1 aromatic carbocycles. The summed E-state index contributed by atoms with van der Waals surface area (Å²) in [4.78, 5) is 13.4. The Morgan fingerprint density at radius 2 is 1.83 bits per heavy atom. The third-order valence-electron chi connectivity index (χ3n) is 3.42. The molecule has 3 aromatic rings. The van der Waals surface area contributed by atoms with Crippen LogP contribution in [0.4, 0.5) is 17.3 Å². The minimum absolute atomic E-state index is 0.559. The number of fused-ring (bicyclic) bond motifs is 1. The first-order valence-electron chi connectivity index (χ1n) is 7.82. The summed E-state index contributed by atoms with van der Waals surface area (Å²) in [6.07, 6.45) is 1.80. The van der Waals surface area contributed by atoms with E-state index in [-0.39, 0.29) is 0 Å². The lowest BCUT2D eigenvalue weighted by Crippen LogP contribution is -2.10. The number of nitrogens with zero attached hydrogens (tertiary/aromatic N) is 3. The van der Waals surface area contributed by atoms with Gasteiger partial charge >= 0.3 is 0 Å². The summed E-state index contributed by atoms with van der Waals surface area (Å²) in [6, 6.07) is 12.0. The van der Waals surface area contributed by atoms with Crippen LogP contribution in [0.15, 0.2) is 42.6 Å². The van der Waals surface area contributed by atoms with E-state index >= 15 is 0 Å². The highest BCUT2D eigenvalue weighted by Crippen LogP contribution is 2.24. The topological polar surface area (TPSA) is 62.7 Å². The third kappa shape index (κ3) is 3.74. The van der Waals surface area contributed by atoms with E-state index in [0.29, 0.717) is 5.92 Å². The van der Waals surface area contributed by atoms with Crippen molar-refractivity contribution in [2.45, 2.75) is 20.8 Å². The van der Waals surface area contributed by atoms with Gasteiger partial charge in [0.25, 0.3) is 0 Å². The maximum atomic E-state index is 4.47. The molecule has 3 rings (SSSR count). The Morgan fingerprint density at radius 3 is 2.65 bits per heavy atom. The van der Waals surface area contributed by atoms with Crippen molar-refractivity contribution >= 4 is 28.2 Å². The molecule has 5 heteroatoms. The Morgan fingerprint density at radius 1 is 1.04 bits per heavy atom. The van der Waals surface area contributed by atoms with Gasteiger partial charge in [0.15, 0.2) is 0 Å². The number of hydrogen-bond donors (Lipinski definition) is 2. The predicted octanol–water partition coefficient (Wildman–Crippen LogP) is 4.14. The number of hydrogen-bond acceptors (Lipinski definition) is 5. The Labute approximate surface area is 136 Å². The molecule has 5 nitrogen and oxygen atoms in total. The second kappa shape index (κ2) is 6.60. The lowest BCUT2D eigenvalue weighted by atomic mass is 10.2. The average Bonchev–Trinajstić information content (AvgIpc) is 2.53. The van der Waals surface area contributed by atoms with E-state index in [1.807, 2.05) is 43.3 Å². The molecule has 0 amide bonds. The summed E-state index contributed by atoms with van der Waals surface area (Å²) < 4.78 is 0. The van der Waals surface area contributed by atoms with Crippen LogP contribution >= 0.6 is 0 Å². The van der Waals surface area contributed by atoms with Crippen molar-refractivity contribution in [2.75, 3.05) is 17.2 Å². The fourth-order valence-corrected chi connectivity index (χ4v) is 2.37. The van der Waals surface area contributed by atoms with Crippen LogP contribution in [0.3, 0.4) is 0 Å². The molecule has 0 aliphatic rings. The highest BCUT2D eigenvalue weighted by atomic mass is 15.1. The maximum absolute atomic E-state index is 4.47. The minimum atomic E-state index is 0.559. The fraction of sp³-hybridized carbons (Fsp3) is 0.278. The number of rotatable bonds is 5. The van der Waals surface area contributed by atoms with Crippen molar-refractivity contribution < 1.29 is 0 Å². The normalized spacial score (nSPS) is 11.0. The zero-order valence-corrected chi connectivity index (χ0v) is 13.7. The summed E-state index contributed by atoms with van der Waals surface area (Å²) in [5.74, 6) is 2.89. The zero-order chi connectivity index (χ0) is 16.2. The van der Waals surface area contributed by atoms with Crippen molar-refractivity contribution in [3.63, 3.8) is 0 Å². The zero-order valence-electron chi connectivity index (χ0n) is 13.7. The van der Waals surface area contributed by atoms with Gasteiger partial charge in [0, 0.05) is 24.2 Å². The number of anilines is 3. The molecule has 0 unspecified atom stereocenters. The van der Waals surface area contributed by atoms with Crippen LogP contribution in [-0.4, -0.2) is 21.5 Å². The molecule has 0 radical (unpaired) electrons. The van der Waals surface area contributed by atoms with Crippen LogP contribution in [0.1, 0.15) is 19.7 Å². The van der Waals surface area contributed by atoms with Gasteiger partial charge in [-0.3, -0.25) is 4.98 Å². The fourth-order valence-electron chi connectivity index (χ4n) is 2.37. The lowest BCUT2D eigenvalue weighted by Gasteiger charge is -2.12. The lowest BCUT2D eigenvalue weighted by molar-refractivity contribution is 0.686. The Balaban J connectivity index is 1.89. The minimum Gasteiger partial charge on any atom is -0.370 e. The van der Waals surface area contributed by atoms with Crippen molar-refractivity contribution in [1.82, 2.24) is 15.0 Å². The second-order valence-electron chi connectivity index (χ2n) is 5.97. The van der Waals surface area contributed by atoms with Gasteiger partial charge in [0.1, 0.15) is 17.5 Å². The van der Waals surface area contributed by atoms with Gasteiger partial charge in [0.05, 0.1) is 11.2 Å². The predicted molar refractivity (Wildman–Crippen MR) is 95.1 cm³/mol. The van der Waals surface area contributed by atoms with Crippen LogP contribution in [-0.2, 0) is 0 Å². The molecule has 0 atom stereocenters. The van der Waals surface area contributed by atoms with E-state index in [2.05, 4.69) is 39.4 Å². The third-order valence-corrected chi connectivity index (χ3v) is 3.42. The molecule has 2 aromatic heterocycles. The molecule has 2 N–H and O–H groups in total. The number of benzene rings is 1. The number of pyridine rings is 1. The number of nitrogens with one attached hydrogen (secondary N) is 2. The molecular weight excluding hydrogens is 286 g/mol. The standard InChI is InChI=1S/C18H21N5/c1-12(2)11-20-16-10-17(22-13(3)21-16)23-15-8-4-6-14-7-5-9-19-18(14)15/h4-10,12H,11H2,1-3H3,(H2,20,21,22,23). The first-order chi connectivity index (χ1) is 11.1. The van der Waals surface area contributed by atoms with Crippen LogP contribution in [0.25, 0.3) is 10.9 Å². The van der Waals surface area contributed by atoms with Crippen molar-refractivity contribution in [2.24, 2.45) is 5.92 Å². The van der Waals surface area contributed by atoms with E-state index in [0.717, 1.165) is 40.6 Å². The summed E-state index contributed by atoms with van der Waals surface area (Å²) in [7, 11) is 0. The molecule has 0 saturated heterocycles. The molecular formula is C18H21N5. The van der Waals surface area contributed by atoms with Crippen LogP contribution in [0.2, 0.25) is 0 Å². The maximum Gasteiger partial charge on any atom is 0.136 e. The van der Waals surface area contributed by atoms with Gasteiger partial charge in [0.2, 0.25) is 0 Å². The molecule has 2 heterocycles. The molecule has 0 spiro atoms. The van der Waals surface area contributed by atoms with E-state index < -0.39 is 0 Å². The molecule has 0 fully saturated rings. The molecule has 118 valence electrons. The SMILES string of the molecule is Cc1nc(NCC(C)C)cc(Nc2cccc3cccnc23)n1. The van der Waals surface area contributed by atoms with Crippen LogP contribution in [0.5, 0.6) is 0 Å². The number of para-hydroxylation sites is 1. The van der Waals surface area contributed by atoms with Gasteiger partial charge in [-0.1, -0.05) is 32.0 Å². The van der Waals surface area contributed by atoms with Crippen LogP contribution < -0.4 is 10.6 Å². The highest BCUT2D eigenvalue weighted by Gasteiger charge is 2.06. The largest absolute Gasteiger partial charge is 0.370 e. The van der Waals surface area contributed by atoms with Crippen molar-refractivity contribution in [3.05, 3.63) is 48.4 Å². The molecule has 0 saturated carbocycles.